The molecule has 3 aliphatic carbocycles. The van der Waals surface area contributed by atoms with Gasteiger partial charge >= 0.3 is 5.97 Å². The molecule has 0 amide bonds. The number of carbonyl (C=O) groups excluding carboxylic acids is 1. The summed E-state index contributed by atoms with van der Waals surface area (Å²) >= 11 is 0. The molecule has 3 fully saturated rings. The van der Waals surface area contributed by atoms with Gasteiger partial charge in [0.05, 0.1) is 18.3 Å². The van der Waals surface area contributed by atoms with Crippen LogP contribution in [0.4, 0.5) is 0 Å². The van der Waals surface area contributed by atoms with Gasteiger partial charge in [-0.2, -0.15) is 0 Å². The van der Waals surface area contributed by atoms with E-state index in [1.165, 1.54) is 0 Å². The second kappa shape index (κ2) is 8.87. The molecule has 0 aromatic carbocycles. The zero-order valence-corrected chi connectivity index (χ0v) is 24.3. The molecule has 1 aliphatic heterocycles. The van der Waals surface area contributed by atoms with Gasteiger partial charge in [-0.15, -0.1) is 0 Å². The summed E-state index contributed by atoms with van der Waals surface area (Å²) in [5, 5.41) is 43.0. The van der Waals surface area contributed by atoms with Crippen molar-refractivity contribution in [2.75, 3.05) is 6.61 Å². The minimum atomic E-state index is -1.44. The Morgan fingerprint density at radius 1 is 1.11 bits per heavy atom. The van der Waals surface area contributed by atoms with Gasteiger partial charge in [-0.05, 0) is 48.0 Å². The van der Waals surface area contributed by atoms with Crippen LogP contribution in [0.3, 0.4) is 0 Å². The van der Waals surface area contributed by atoms with Crippen LogP contribution in [0, 0.1) is 57.7 Å². The lowest BCUT2D eigenvalue weighted by Gasteiger charge is -2.71. The molecule has 4 aliphatic rings. The number of aliphatic hydroxyl groups excluding tert-OH is 1. The normalized spacial score (nSPS) is 50.4. The standard InChI is InChI=1S/C30H49NO6/c1-14(12-31)23(32)26(33)37-24-17(4)22-16(3)18(5)28(10)15(2)11-21-29(34,13-36-21)25(28)20(7)30(35,19(24)6)27(22,8)9/h12,14-16,18-21,23-25,31-32,34-35H,11,13H2,1-10H3/t14?,15?,16?,18?,19-,20?,21?,23?,24?,25?,28-,29-,30?/m0/s1. The van der Waals surface area contributed by atoms with Crippen LogP contribution in [-0.4, -0.2) is 63.6 Å². The van der Waals surface area contributed by atoms with E-state index in [1.807, 2.05) is 13.8 Å². The maximum atomic E-state index is 13.0. The van der Waals surface area contributed by atoms with Crippen LogP contribution in [0.2, 0.25) is 0 Å². The highest BCUT2D eigenvalue weighted by Gasteiger charge is 2.73. The second-order valence-corrected chi connectivity index (χ2v) is 13.8. The van der Waals surface area contributed by atoms with E-state index in [0.717, 1.165) is 23.8 Å². The van der Waals surface area contributed by atoms with Crippen molar-refractivity contribution in [1.82, 2.24) is 0 Å². The average Bonchev–Trinajstić information content (AvgIpc) is 2.84. The topological polar surface area (TPSA) is 120 Å². The number of aliphatic hydroxyl groups is 3. The summed E-state index contributed by atoms with van der Waals surface area (Å²) in [6.07, 6.45) is -0.567. The van der Waals surface area contributed by atoms with Crippen LogP contribution in [0.1, 0.15) is 75.7 Å². The first-order valence-electron chi connectivity index (χ1n) is 14.1. The second-order valence-electron chi connectivity index (χ2n) is 13.8. The Bertz CT molecular complexity index is 993. The Kier molecular flexibility index (Phi) is 6.88. The Morgan fingerprint density at radius 2 is 1.70 bits per heavy atom. The Labute approximate surface area is 222 Å². The van der Waals surface area contributed by atoms with Crippen molar-refractivity contribution < 1.29 is 29.6 Å². The monoisotopic (exact) mass is 519 g/mol. The van der Waals surface area contributed by atoms with Gasteiger partial charge in [-0.1, -0.05) is 67.9 Å². The quantitative estimate of drug-likeness (QED) is 0.253. The molecule has 2 bridgehead atoms. The summed E-state index contributed by atoms with van der Waals surface area (Å²) in [6, 6.07) is 0. The highest BCUT2D eigenvalue weighted by atomic mass is 16.6. The summed E-state index contributed by atoms with van der Waals surface area (Å²) in [4.78, 5) is 13.0. The first-order valence-corrected chi connectivity index (χ1v) is 14.1. The van der Waals surface area contributed by atoms with E-state index in [4.69, 9.17) is 14.9 Å². The average molecular weight is 520 g/mol. The predicted octanol–water partition coefficient (Wildman–Crippen LogP) is 3.98. The number of ether oxygens (including phenoxy) is 2. The molecule has 2 saturated carbocycles. The lowest BCUT2D eigenvalue weighted by Crippen LogP contribution is -2.77. The number of rotatable bonds is 4. The Balaban J connectivity index is 1.92. The molecule has 210 valence electrons. The van der Waals surface area contributed by atoms with Crippen LogP contribution in [0.5, 0.6) is 0 Å². The fourth-order valence-electron chi connectivity index (χ4n) is 9.74. The van der Waals surface area contributed by atoms with Crippen molar-refractivity contribution in [3.05, 3.63) is 11.1 Å². The van der Waals surface area contributed by atoms with Crippen LogP contribution in [-0.2, 0) is 14.3 Å². The van der Waals surface area contributed by atoms with Crippen molar-refractivity contribution in [1.29, 1.82) is 5.41 Å². The summed E-state index contributed by atoms with van der Waals surface area (Å²) < 4.78 is 11.9. The molecule has 7 nitrogen and oxygen atoms in total. The molecule has 10 unspecified atom stereocenters. The highest BCUT2D eigenvalue weighted by molar-refractivity contribution is 5.79. The molecule has 4 N–H and O–H groups in total. The SMILES string of the molecule is CC1=C2C(C)C(C)[C@]3(C)C(C)CC4OC[C@@]4(O)C3C(C)C(O)([C@@H](C)C1OC(=O)C(O)C(C)C=N)C2(C)C. The molecule has 0 spiro atoms. The van der Waals surface area contributed by atoms with E-state index in [9.17, 15) is 20.1 Å². The van der Waals surface area contributed by atoms with Crippen molar-refractivity contribution in [2.24, 2.45) is 52.3 Å². The van der Waals surface area contributed by atoms with E-state index in [-0.39, 0.29) is 47.7 Å². The molecule has 1 saturated heterocycles. The molecular formula is C30H49NO6. The number of hydrogen-bond acceptors (Lipinski definition) is 7. The number of hydrogen-bond donors (Lipinski definition) is 4. The van der Waals surface area contributed by atoms with Gasteiger partial charge in [0, 0.05) is 29.4 Å². The van der Waals surface area contributed by atoms with Crippen molar-refractivity contribution in [3.8, 4) is 0 Å². The third kappa shape index (κ3) is 3.46. The minimum Gasteiger partial charge on any atom is -0.456 e. The third-order valence-corrected chi connectivity index (χ3v) is 12.2. The van der Waals surface area contributed by atoms with Gasteiger partial charge in [-0.3, -0.25) is 0 Å². The smallest absolute Gasteiger partial charge is 0.336 e. The van der Waals surface area contributed by atoms with Gasteiger partial charge in [-0.25, -0.2) is 4.79 Å². The fourth-order valence-corrected chi connectivity index (χ4v) is 9.74. The Morgan fingerprint density at radius 3 is 2.22 bits per heavy atom. The summed E-state index contributed by atoms with van der Waals surface area (Å²) in [6.45, 7) is 21.1. The molecule has 7 heteroatoms. The van der Waals surface area contributed by atoms with Crippen LogP contribution < -0.4 is 0 Å². The van der Waals surface area contributed by atoms with Gasteiger partial charge in [0.2, 0.25) is 0 Å². The largest absolute Gasteiger partial charge is 0.456 e. The maximum Gasteiger partial charge on any atom is 0.336 e. The fraction of sp³-hybridized carbons (Fsp3) is 0.867. The van der Waals surface area contributed by atoms with Crippen LogP contribution >= 0.6 is 0 Å². The maximum absolute atomic E-state index is 13.0. The minimum absolute atomic E-state index is 0.0595. The lowest BCUT2D eigenvalue weighted by molar-refractivity contribution is -0.346. The van der Waals surface area contributed by atoms with Crippen LogP contribution in [0.25, 0.3) is 0 Å². The summed E-state index contributed by atoms with van der Waals surface area (Å²) in [5.41, 5.74) is -1.18. The molecule has 0 aromatic rings. The third-order valence-electron chi connectivity index (χ3n) is 12.2. The predicted molar refractivity (Wildman–Crippen MR) is 142 cm³/mol. The number of carbonyl (C=O) groups is 1. The molecule has 4 rings (SSSR count). The first kappa shape index (κ1) is 28.7. The Hall–Kier alpha value is -1.28. The van der Waals surface area contributed by atoms with Gasteiger partial charge in [0.15, 0.2) is 6.10 Å². The van der Waals surface area contributed by atoms with Gasteiger partial charge in [0.25, 0.3) is 0 Å². The van der Waals surface area contributed by atoms with E-state index < -0.39 is 46.6 Å². The summed E-state index contributed by atoms with van der Waals surface area (Å²) in [7, 11) is 0. The highest BCUT2D eigenvalue weighted by Crippen LogP contribution is 2.69. The molecule has 37 heavy (non-hydrogen) atoms. The first-order chi connectivity index (χ1) is 16.9. The van der Waals surface area contributed by atoms with Gasteiger partial charge in [0.1, 0.15) is 11.7 Å². The zero-order valence-electron chi connectivity index (χ0n) is 24.3. The molecular weight excluding hydrogens is 470 g/mol. The van der Waals surface area contributed by atoms with E-state index >= 15 is 0 Å². The van der Waals surface area contributed by atoms with Crippen molar-refractivity contribution in [3.63, 3.8) is 0 Å². The molecule has 0 radical (unpaired) electrons. The molecule has 1 heterocycles. The van der Waals surface area contributed by atoms with E-state index in [2.05, 4.69) is 48.5 Å². The number of esters is 1. The molecule has 13 atom stereocenters. The lowest BCUT2D eigenvalue weighted by atomic mass is 9.38. The van der Waals surface area contributed by atoms with Crippen molar-refractivity contribution >= 4 is 12.2 Å². The van der Waals surface area contributed by atoms with Crippen LogP contribution in [0.15, 0.2) is 11.1 Å². The number of nitrogens with one attached hydrogen (secondary N) is 1. The van der Waals surface area contributed by atoms with Gasteiger partial charge < -0.3 is 30.2 Å². The van der Waals surface area contributed by atoms with Crippen molar-refractivity contribution in [2.45, 2.75) is 105 Å². The summed E-state index contributed by atoms with van der Waals surface area (Å²) in [5.74, 6) is -1.95. The van der Waals surface area contributed by atoms with E-state index in [1.54, 1.807) is 6.92 Å². The number of fused-ring (bicyclic) bond motifs is 5. The van der Waals surface area contributed by atoms with E-state index in [0.29, 0.717) is 0 Å². The molecule has 0 aromatic heterocycles. The zero-order chi connectivity index (χ0) is 28.0.